The van der Waals surface area contributed by atoms with Crippen LogP contribution in [-0.2, 0) is 11.2 Å². The van der Waals surface area contributed by atoms with Gasteiger partial charge in [0.1, 0.15) is 6.10 Å². The number of nitrogens with one attached hydrogen (secondary N) is 1. The van der Waals surface area contributed by atoms with Crippen LogP contribution >= 0.6 is 0 Å². The number of aromatic nitrogens is 2. The number of hydrogen-bond acceptors (Lipinski definition) is 5. The Kier molecular flexibility index (Phi) is 6.90. The summed E-state index contributed by atoms with van der Waals surface area (Å²) in [6.07, 6.45) is 2.87. The summed E-state index contributed by atoms with van der Waals surface area (Å²) < 4.78 is 10.6. The topological polar surface area (TPSA) is 60.2 Å². The first-order chi connectivity index (χ1) is 8.67. The molecule has 1 heterocycles. The molecule has 0 aliphatic carbocycles. The van der Waals surface area contributed by atoms with E-state index < -0.39 is 0 Å². The van der Waals surface area contributed by atoms with E-state index in [1.54, 1.807) is 0 Å². The van der Waals surface area contributed by atoms with Crippen molar-refractivity contribution < 1.29 is 9.26 Å². The predicted octanol–water partition coefficient (Wildman–Crippen LogP) is 2.49. The number of rotatable bonds is 9. The molecule has 18 heavy (non-hydrogen) atoms. The molecule has 0 amide bonds. The third-order valence-corrected chi connectivity index (χ3v) is 2.80. The minimum Gasteiger partial charge on any atom is -0.371 e. The molecule has 0 aliphatic rings. The first kappa shape index (κ1) is 15.1. The van der Waals surface area contributed by atoms with Gasteiger partial charge in [0.2, 0.25) is 5.89 Å². The lowest BCUT2D eigenvalue weighted by molar-refractivity contribution is 0.0683. The van der Waals surface area contributed by atoms with E-state index >= 15 is 0 Å². The standard InChI is InChI=1S/C13H25N3O2/c1-5-9-14-10(3)7-8-12-15-13(16-18-12)11(4)17-6-2/h10-11,14H,5-9H2,1-4H3. The predicted molar refractivity (Wildman–Crippen MR) is 70.4 cm³/mol. The second-order valence-electron chi connectivity index (χ2n) is 4.54. The van der Waals surface area contributed by atoms with Gasteiger partial charge in [0, 0.05) is 19.1 Å². The van der Waals surface area contributed by atoms with Crippen molar-refractivity contribution in [2.75, 3.05) is 13.2 Å². The Morgan fingerprint density at radius 3 is 2.78 bits per heavy atom. The molecule has 5 nitrogen and oxygen atoms in total. The minimum absolute atomic E-state index is 0.0943. The van der Waals surface area contributed by atoms with Gasteiger partial charge in [0.25, 0.3) is 0 Å². The number of ether oxygens (including phenoxy) is 1. The van der Waals surface area contributed by atoms with Crippen LogP contribution in [0.3, 0.4) is 0 Å². The summed E-state index contributed by atoms with van der Waals surface area (Å²) in [6, 6.07) is 0.476. The molecule has 104 valence electrons. The van der Waals surface area contributed by atoms with E-state index in [-0.39, 0.29) is 6.10 Å². The van der Waals surface area contributed by atoms with Crippen LogP contribution < -0.4 is 5.32 Å². The van der Waals surface area contributed by atoms with Crippen LogP contribution in [0.2, 0.25) is 0 Å². The van der Waals surface area contributed by atoms with Crippen molar-refractivity contribution in [3.8, 4) is 0 Å². The van der Waals surface area contributed by atoms with Gasteiger partial charge in [-0.1, -0.05) is 12.1 Å². The highest BCUT2D eigenvalue weighted by atomic mass is 16.5. The summed E-state index contributed by atoms with van der Waals surface area (Å²) in [4.78, 5) is 4.35. The van der Waals surface area contributed by atoms with Crippen LogP contribution in [0.4, 0.5) is 0 Å². The van der Waals surface area contributed by atoms with E-state index in [1.165, 1.54) is 0 Å². The highest BCUT2D eigenvalue weighted by molar-refractivity contribution is 4.90. The monoisotopic (exact) mass is 255 g/mol. The van der Waals surface area contributed by atoms with Gasteiger partial charge in [0.05, 0.1) is 0 Å². The summed E-state index contributed by atoms with van der Waals surface area (Å²) in [5.74, 6) is 1.34. The molecule has 2 unspecified atom stereocenters. The lowest BCUT2D eigenvalue weighted by Crippen LogP contribution is -2.27. The first-order valence-electron chi connectivity index (χ1n) is 6.84. The maximum atomic E-state index is 5.42. The zero-order valence-electron chi connectivity index (χ0n) is 11.9. The molecule has 0 fully saturated rings. The van der Waals surface area contributed by atoms with E-state index in [0.717, 1.165) is 25.8 Å². The van der Waals surface area contributed by atoms with Crippen molar-refractivity contribution in [1.29, 1.82) is 0 Å². The van der Waals surface area contributed by atoms with Crippen LogP contribution in [-0.4, -0.2) is 29.3 Å². The normalized spacial score (nSPS) is 14.7. The van der Waals surface area contributed by atoms with E-state index in [0.29, 0.717) is 24.4 Å². The van der Waals surface area contributed by atoms with Gasteiger partial charge >= 0.3 is 0 Å². The van der Waals surface area contributed by atoms with Crippen molar-refractivity contribution in [1.82, 2.24) is 15.5 Å². The largest absolute Gasteiger partial charge is 0.371 e. The van der Waals surface area contributed by atoms with E-state index in [9.17, 15) is 0 Å². The smallest absolute Gasteiger partial charge is 0.226 e. The second-order valence-corrected chi connectivity index (χ2v) is 4.54. The van der Waals surface area contributed by atoms with Gasteiger partial charge < -0.3 is 14.6 Å². The number of hydrogen-bond donors (Lipinski definition) is 1. The van der Waals surface area contributed by atoms with Crippen LogP contribution in [0.15, 0.2) is 4.52 Å². The SMILES string of the molecule is CCCNC(C)CCc1nc(C(C)OCC)no1. The van der Waals surface area contributed by atoms with Crippen LogP contribution in [0, 0.1) is 0 Å². The van der Waals surface area contributed by atoms with Gasteiger partial charge in [0.15, 0.2) is 5.82 Å². The van der Waals surface area contributed by atoms with Crippen molar-refractivity contribution in [2.24, 2.45) is 0 Å². The van der Waals surface area contributed by atoms with Gasteiger partial charge in [-0.25, -0.2) is 0 Å². The molecule has 0 bridgehead atoms. The van der Waals surface area contributed by atoms with Crippen molar-refractivity contribution in [3.05, 3.63) is 11.7 Å². The highest BCUT2D eigenvalue weighted by Gasteiger charge is 2.14. The summed E-state index contributed by atoms with van der Waals surface area (Å²) in [5, 5.41) is 7.38. The second kappa shape index (κ2) is 8.21. The molecule has 5 heteroatoms. The maximum absolute atomic E-state index is 5.42. The summed E-state index contributed by atoms with van der Waals surface area (Å²) in [6.45, 7) is 9.94. The van der Waals surface area contributed by atoms with E-state index in [1.807, 2.05) is 13.8 Å². The average Bonchev–Trinajstić information content (AvgIpc) is 2.83. The molecule has 1 aromatic heterocycles. The zero-order valence-corrected chi connectivity index (χ0v) is 11.9. The average molecular weight is 255 g/mol. The molecule has 0 radical (unpaired) electrons. The van der Waals surface area contributed by atoms with Crippen LogP contribution in [0.5, 0.6) is 0 Å². The summed E-state index contributed by atoms with van der Waals surface area (Å²) in [7, 11) is 0. The van der Waals surface area contributed by atoms with Crippen LogP contribution in [0.25, 0.3) is 0 Å². The molecule has 0 aromatic carbocycles. The maximum Gasteiger partial charge on any atom is 0.226 e. The fourth-order valence-electron chi connectivity index (χ4n) is 1.69. The molecule has 1 rings (SSSR count). The molecule has 2 atom stereocenters. The molecule has 0 saturated carbocycles. The van der Waals surface area contributed by atoms with Gasteiger partial charge in [-0.15, -0.1) is 0 Å². The molecular formula is C13H25N3O2. The lowest BCUT2D eigenvalue weighted by atomic mass is 10.2. The minimum atomic E-state index is -0.0943. The molecule has 0 aliphatic heterocycles. The molecular weight excluding hydrogens is 230 g/mol. The lowest BCUT2D eigenvalue weighted by Gasteiger charge is -2.10. The Morgan fingerprint density at radius 1 is 1.33 bits per heavy atom. The molecule has 1 N–H and O–H groups in total. The Hall–Kier alpha value is -0.940. The Labute approximate surface area is 109 Å². The molecule has 0 saturated heterocycles. The third-order valence-electron chi connectivity index (χ3n) is 2.80. The highest BCUT2D eigenvalue weighted by Crippen LogP contribution is 2.13. The summed E-state index contributed by atoms with van der Waals surface area (Å²) >= 11 is 0. The molecule has 0 spiro atoms. The van der Waals surface area contributed by atoms with Crippen LogP contribution in [0.1, 0.15) is 58.4 Å². The Balaban J connectivity index is 2.35. The summed E-state index contributed by atoms with van der Waals surface area (Å²) in [5.41, 5.74) is 0. The third kappa shape index (κ3) is 5.14. The van der Waals surface area contributed by atoms with E-state index in [4.69, 9.17) is 9.26 Å². The van der Waals surface area contributed by atoms with Gasteiger partial charge in [-0.05, 0) is 40.2 Å². The fourth-order valence-corrected chi connectivity index (χ4v) is 1.69. The quantitative estimate of drug-likeness (QED) is 0.734. The molecule has 1 aromatic rings. The fraction of sp³-hybridized carbons (Fsp3) is 0.846. The van der Waals surface area contributed by atoms with Gasteiger partial charge in [-0.2, -0.15) is 4.98 Å². The van der Waals surface area contributed by atoms with E-state index in [2.05, 4.69) is 29.3 Å². The van der Waals surface area contributed by atoms with Crippen molar-refractivity contribution in [3.63, 3.8) is 0 Å². The van der Waals surface area contributed by atoms with Crippen molar-refractivity contribution in [2.45, 2.75) is 59.1 Å². The van der Waals surface area contributed by atoms with Gasteiger partial charge in [-0.3, -0.25) is 0 Å². The number of aryl methyl sites for hydroxylation is 1. The Morgan fingerprint density at radius 2 is 2.11 bits per heavy atom. The number of nitrogens with zero attached hydrogens (tertiary/aromatic N) is 2. The Bertz CT molecular complexity index is 328. The van der Waals surface area contributed by atoms with Crippen molar-refractivity contribution >= 4 is 0 Å². The first-order valence-corrected chi connectivity index (χ1v) is 6.84. The zero-order chi connectivity index (χ0) is 13.4.